The normalized spacial score (nSPS) is 12.2. The Bertz CT molecular complexity index is 1060. The second kappa shape index (κ2) is 8.05. The molecule has 0 radical (unpaired) electrons. The SMILES string of the molecule is C=Cc1ccc(S(=O)(=O)Nc2ccc(NC(=O)C(C)n3cncn3)cc2)cc1. The van der Waals surface area contributed by atoms with E-state index in [0.717, 1.165) is 5.56 Å². The van der Waals surface area contributed by atoms with Crippen LogP contribution in [0.25, 0.3) is 6.08 Å². The Morgan fingerprint density at radius 3 is 2.32 bits per heavy atom. The number of hydrogen-bond donors (Lipinski definition) is 2. The second-order valence-corrected chi connectivity index (χ2v) is 7.68. The average Bonchev–Trinajstić information content (AvgIpc) is 3.23. The average molecular weight is 397 g/mol. The lowest BCUT2D eigenvalue weighted by molar-refractivity contribution is -0.119. The van der Waals surface area contributed by atoms with Crippen LogP contribution >= 0.6 is 0 Å². The number of aromatic nitrogens is 3. The van der Waals surface area contributed by atoms with Gasteiger partial charge in [-0.15, -0.1) is 0 Å². The molecule has 0 saturated carbocycles. The van der Waals surface area contributed by atoms with E-state index in [4.69, 9.17) is 0 Å². The molecule has 0 bridgehead atoms. The van der Waals surface area contributed by atoms with Gasteiger partial charge in [-0.2, -0.15) is 5.10 Å². The van der Waals surface area contributed by atoms with Gasteiger partial charge in [0, 0.05) is 11.4 Å². The highest BCUT2D eigenvalue weighted by atomic mass is 32.2. The number of nitrogens with one attached hydrogen (secondary N) is 2. The first-order valence-electron chi connectivity index (χ1n) is 8.39. The van der Waals surface area contributed by atoms with E-state index in [9.17, 15) is 13.2 Å². The molecule has 144 valence electrons. The van der Waals surface area contributed by atoms with Crippen LogP contribution in [0.2, 0.25) is 0 Å². The zero-order chi connectivity index (χ0) is 20.1. The van der Waals surface area contributed by atoms with Crippen LogP contribution in [0, 0.1) is 0 Å². The summed E-state index contributed by atoms with van der Waals surface area (Å²) in [6.45, 7) is 5.34. The van der Waals surface area contributed by atoms with Gasteiger partial charge in [0.1, 0.15) is 18.7 Å². The first-order valence-corrected chi connectivity index (χ1v) is 9.88. The van der Waals surface area contributed by atoms with Gasteiger partial charge in [-0.25, -0.2) is 18.1 Å². The molecule has 1 amide bonds. The minimum Gasteiger partial charge on any atom is -0.324 e. The maximum Gasteiger partial charge on any atom is 0.261 e. The Morgan fingerprint density at radius 2 is 1.75 bits per heavy atom. The summed E-state index contributed by atoms with van der Waals surface area (Å²) in [6.07, 6.45) is 4.46. The molecular weight excluding hydrogens is 378 g/mol. The van der Waals surface area contributed by atoms with Crippen molar-refractivity contribution in [1.29, 1.82) is 0 Å². The molecule has 0 spiro atoms. The number of hydrogen-bond acceptors (Lipinski definition) is 5. The molecular formula is C19H19N5O3S. The largest absolute Gasteiger partial charge is 0.324 e. The molecule has 9 heteroatoms. The maximum atomic E-state index is 12.5. The Hall–Kier alpha value is -3.46. The number of carbonyl (C=O) groups is 1. The fourth-order valence-electron chi connectivity index (χ4n) is 2.40. The molecule has 0 aliphatic rings. The van der Waals surface area contributed by atoms with E-state index in [2.05, 4.69) is 26.7 Å². The fraction of sp³-hybridized carbons (Fsp3) is 0.105. The third kappa shape index (κ3) is 4.44. The van der Waals surface area contributed by atoms with Crippen LogP contribution in [0.3, 0.4) is 0 Å². The zero-order valence-electron chi connectivity index (χ0n) is 15.1. The molecule has 0 fully saturated rings. The Balaban J connectivity index is 1.66. The smallest absolute Gasteiger partial charge is 0.261 e. The Labute approximate surface area is 163 Å². The van der Waals surface area contributed by atoms with E-state index in [0.29, 0.717) is 11.4 Å². The van der Waals surface area contributed by atoms with Crippen LogP contribution in [0.15, 0.2) is 72.7 Å². The number of rotatable bonds is 7. The van der Waals surface area contributed by atoms with Crippen LogP contribution in [0.1, 0.15) is 18.5 Å². The molecule has 1 unspecified atom stereocenters. The summed E-state index contributed by atoms with van der Waals surface area (Å²) >= 11 is 0. The monoisotopic (exact) mass is 397 g/mol. The second-order valence-electron chi connectivity index (χ2n) is 6.00. The molecule has 28 heavy (non-hydrogen) atoms. The highest BCUT2D eigenvalue weighted by Crippen LogP contribution is 2.20. The molecule has 3 rings (SSSR count). The lowest BCUT2D eigenvalue weighted by Crippen LogP contribution is -2.24. The quantitative estimate of drug-likeness (QED) is 0.638. The number of benzene rings is 2. The summed E-state index contributed by atoms with van der Waals surface area (Å²) in [7, 11) is -3.71. The van der Waals surface area contributed by atoms with E-state index in [1.165, 1.54) is 29.5 Å². The van der Waals surface area contributed by atoms with E-state index >= 15 is 0 Å². The van der Waals surface area contributed by atoms with Crippen molar-refractivity contribution >= 4 is 33.4 Å². The standard InChI is InChI=1S/C19H19N5O3S/c1-3-15-4-10-18(11-5-15)28(26,27)23-17-8-6-16(7-9-17)22-19(25)14(2)24-13-20-12-21-24/h3-14,23H,1H2,2H3,(H,22,25). The number of carbonyl (C=O) groups excluding carboxylic acids is 1. The van der Waals surface area contributed by atoms with Gasteiger partial charge in [0.2, 0.25) is 5.91 Å². The molecule has 2 aromatic carbocycles. The number of nitrogens with zero attached hydrogens (tertiary/aromatic N) is 3. The molecule has 0 aliphatic heterocycles. The minimum absolute atomic E-state index is 0.150. The molecule has 0 aliphatic carbocycles. The van der Waals surface area contributed by atoms with Crippen LogP contribution in [0.5, 0.6) is 0 Å². The summed E-state index contributed by atoms with van der Waals surface area (Å²) < 4.78 is 28.9. The van der Waals surface area contributed by atoms with Gasteiger partial charge in [-0.3, -0.25) is 9.52 Å². The third-order valence-corrected chi connectivity index (χ3v) is 5.44. The summed E-state index contributed by atoms with van der Waals surface area (Å²) in [6, 6.07) is 12.2. The van der Waals surface area contributed by atoms with E-state index < -0.39 is 16.1 Å². The van der Waals surface area contributed by atoms with Gasteiger partial charge in [0.25, 0.3) is 10.0 Å². The van der Waals surface area contributed by atoms with Crippen molar-refractivity contribution in [2.45, 2.75) is 17.9 Å². The Morgan fingerprint density at radius 1 is 1.11 bits per heavy atom. The summed E-state index contributed by atoms with van der Waals surface area (Å²) in [5.41, 5.74) is 1.75. The Kier molecular flexibility index (Phi) is 5.55. The van der Waals surface area contributed by atoms with Crippen molar-refractivity contribution in [3.63, 3.8) is 0 Å². The molecule has 8 nitrogen and oxygen atoms in total. The third-order valence-electron chi connectivity index (χ3n) is 4.04. The summed E-state index contributed by atoms with van der Waals surface area (Å²) in [5, 5.41) is 6.69. The van der Waals surface area contributed by atoms with Gasteiger partial charge in [0.15, 0.2) is 0 Å². The van der Waals surface area contributed by atoms with Gasteiger partial charge in [0.05, 0.1) is 4.90 Å². The highest BCUT2D eigenvalue weighted by molar-refractivity contribution is 7.92. The number of sulfonamides is 1. The van der Waals surface area contributed by atoms with Crippen LogP contribution < -0.4 is 10.0 Å². The van der Waals surface area contributed by atoms with E-state index in [-0.39, 0.29) is 10.8 Å². The van der Waals surface area contributed by atoms with Crippen molar-refractivity contribution < 1.29 is 13.2 Å². The van der Waals surface area contributed by atoms with Gasteiger partial charge < -0.3 is 5.32 Å². The molecule has 2 N–H and O–H groups in total. The zero-order valence-corrected chi connectivity index (χ0v) is 15.9. The number of anilines is 2. The molecule has 1 aromatic heterocycles. The topological polar surface area (TPSA) is 106 Å². The summed E-state index contributed by atoms with van der Waals surface area (Å²) in [5.74, 6) is -0.263. The molecule has 1 atom stereocenters. The summed E-state index contributed by atoms with van der Waals surface area (Å²) in [4.78, 5) is 16.2. The van der Waals surface area contributed by atoms with Gasteiger partial charge in [-0.05, 0) is 48.9 Å². The van der Waals surface area contributed by atoms with Crippen molar-refractivity contribution in [2.75, 3.05) is 10.0 Å². The van der Waals surface area contributed by atoms with Crippen molar-refractivity contribution in [3.05, 3.63) is 73.3 Å². The lowest BCUT2D eigenvalue weighted by Gasteiger charge is -2.13. The first-order chi connectivity index (χ1) is 13.4. The van der Waals surface area contributed by atoms with E-state index in [1.807, 2.05) is 0 Å². The van der Waals surface area contributed by atoms with Crippen molar-refractivity contribution in [1.82, 2.24) is 14.8 Å². The van der Waals surface area contributed by atoms with Gasteiger partial charge >= 0.3 is 0 Å². The molecule has 1 heterocycles. The predicted molar refractivity (Wildman–Crippen MR) is 107 cm³/mol. The maximum absolute atomic E-state index is 12.5. The minimum atomic E-state index is -3.71. The van der Waals surface area contributed by atoms with Gasteiger partial charge in [-0.1, -0.05) is 24.8 Å². The molecule has 3 aromatic rings. The fourth-order valence-corrected chi connectivity index (χ4v) is 3.46. The number of amides is 1. The van der Waals surface area contributed by atoms with Crippen molar-refractivity contribution in [2.24, 2.45) is 0 Å². The van der Waals surface area contributed by atoms with Crippen molar-refractivity contribution in [3.8, 4) is 0 Å². The van der Waals surface area contributed by atoms with Crippen LogP contribution in [-0.4, -0.2) is 29.1 Å². The predicted octanol–water partition coefficient (Wildman–Crippen LogP) is 2.92. The van der Waals surface area contributed by atoms with E-state index in [1.54, 1.807) is 49.4 Å². The highest BCUT2D eigenvalue weighted by Gasteiger charge is 2.16. The van der Waals surface area contributed by atoms with Crippen LogP contribution in [0.4, 0.5) is 11.4 Å². The first kappa shape index (κ1) is 19.3. The lowest BCUT2D eigenvalue weighted by atomic mass is 10.2. The molecule has 0 saturated heterocycles. The van der Waals surface area contributed by atoms with Crippen LogP contribution in [-0.2, 0) is 14.8 Å².